The largest absolute Gasteiger partial charge is 0.341 e. The first kappa shape index (κ1) is 18.1. The maximum absolute atomic E-state index is 12.6. The van der Waals surface area contributed by atoms with Gasteiger partial charge in [-0.1, -0.05) is 0 Å². The lowest BCUT2D eigenvalue weighted by atomic mass is 10.2. The fourth-order valence-electron chi connectivity index (χ4n) is 3.26. The third-order valence-corrected chi connectivity index (χ3v) is 6.69. The summed E-state index contributed by atoms with van der Waals surface area (Å²) in [5, 5.41) is 6.05. The third kappa shape index (κ3) is 4.28. The number of amides is 1. The van der Waals surface area contributed by atoms with Crippen molar-refractivity contribution in [2.24, 2.45) is 0 Å². The first-order valence-corrected chi connectivity index (χ1v) is 10.0. The molecule has 0 unspecified atom stereocenters. The predicted octanol–water partition coefficient (Wildman–Crippen LogP) is -1.09. The van der Waals surface area contributed by atoms with Crippen LogP contribution in [-0.4, -0.2) is 82.3 Å². The summed E-state index contributed by atoms with van der Waals surface area (Å²) < 4.78 is 28.3. The average Bonchev–Trinajstić information content (AvgIpc) is 3.19. The molecule has 2 saturated heterocycles. The maximum Gasteiger partial charge on any atom is 0.340 e. The molecule has 3 rings (SSSR count). The molecule has 0 bridgehead atoms. The van der Waals surface area contributed by atoms with E-state index in [1.165, 1.54) is 4.31 Å². The quantitative estimate of drug-likeness (QED) is 0.680. The van der Waals surface area contributed by atoms with E-state index in [1.54, 1.807) is 9.21 Å². The van der Waals surface area contributed by atoms with Gasteiger partial charge in [0, 0.05) is 52.1 Å². The number of carbonyl (C=O) groups excluding carboxylic acids is 1. The molecule has 1 amide bonds. The van der Waals surface area contributed by atoms with E-state index in [2.05, 4.69) is 15.2 Å². The highest BCUT2D eigenvalue weighted by molar-refractivity contribution is 7.86. The number of rotatable bonds is 5. The van der Waals surface area contributed by atoms with Gasteiger partial charge < -0.3 is 4.90 Å². The van der Waals surface area contributed by atoms with Crippen molar-refractivity contribution in [1.29, 1.82) is 0 Å². The van der Waals surface area contributed by atoms with Crippen LogP contribution in [0.1, 0.15) is 31.5 Å². The van der Waals surface area contributed by atoms with Crippen molar-refractivity contribution in [2.45, 2.75) is 32.1 Å². The van der Waals surface area contributed by atoms with Gasteiger partial charge in [0.1, 0.15) is 5.82 Å². The molecular formula is C14H24N6O4S. The second-order valence-corrected chi connectivity index (χ2v) is 8.30. The Labute approximate surface area is 146 Å². The zero-order valence-corrected chi connectivity index (χ0v) is 14.9. The summed E-state index contributed by atoms with van der Waals surface area (Å²) in [4.78, 5) is 27.6. The van der Waals surface area contributed by atoms with Gasteiger partial charge >= 0.3 is 5.69 Å². The Morgan fingerprint density at radius 2 is 1.68 bits per heavy atom. The van der Waals surface area contributed by atoms with Crippen LogP contribution in [0.3, 0.4) is 0 Å². The molecule has 10 nitrogen and oxygen atoms in total. The molecule has 3 heterocycles. The molecule has 2 aliphatic rings. The average molecular weight is 372 g/mol. The summed E-state index contributed by atoms with van der Waals surface area (Å²) in [6.45, 7) is 2.87. The molecule has 25 heavy (non-hydrogen) atoms. The van der Waals surface area contributed by atoms with Gasteiger partial charge in [0.2, 0.25) is 5.91 Å². The van der Waals surface area contributed by atoms with Crippen LogP contribution in [-0.2, 0) is 21.4 Å². The Hall–Kier alpha value is -1.72. The summed E-state index contributed by atoms with van der Waals surface area (Å²) in [5.41, 5.74) is -0.389. The number of carbonyl (C=O) groups is 1. The zero-order chi connectivity index (χ0) is 17.9. The standard InChI is InChI=1S/C14H24N6O4S/c21-13(5-4-12-15-14(22)17-16-12)18-6-3-9-20(11-10-18)25(23,24)19-7-1-2-8-19/h1-11H2,(H2,15,16,17,22). The molecule has 1 aromatic heterocycles. The van der Waals surface area contributed by atoms with Gasteiger partial charge in [-0.15, -0.1) is 0 Å². The van der Waals surface area contributed by atoms with Gasteiger partial charge in [-0.3, -0.25) is 9.78 Å². The van der Waals surface area contributed by atoms with Crippen molar-refractivity contribution in [3.63, 3.8) is 0 Å². The van der Waals surface area contributed by atoms with E-state index in [0.717, 1.165) is 12.8 Å². The molecule has 0 aliphatic carbocycles. The first-order chi connectivity index (χ1) is 12.0. The van der Waals surface area contributed by atoms with Crippen LogP contribution in [0, 0.1) is 0 Å². The fraction of sp³-hybridized carbons (Fsp3) is 0.786. The highest BCUT2D eigenvalue weighted by Crippen LogP contribution is 2.18. The Bertz CT molecular complexity index is 751. The predicted molar refractivity (Wildman–Crippen MR) is 90.0 cm³/mol. The van der Waals surface area contributed by atoms with Crippen LogP contribution in [0.25, 0.3) is 0 Å². The van der Waals surface area contributed by atoms with Crippen LogP contribution in [0.15, 0.2) is 4.79 Å². The molecule has 2 fully saturated rings. The summed E-state index contributed by atoms with van der Waals surface area (Å²) in [7, 11) is -3.41. The van der Waals surface area contributed by atoms with E-state index in [9.17, 15) is 18.0 Å². The van der Waals surface area contributed by atoms with E-state index in [-0.39, 0.29) is 18.0 Å². The van der Waals surface area contributed by atoms with Crippen LogP contribution >= 0.6 is 0 Å². The van der Waals surface area contributed by atoms with Gasteiger partial charge in [-0.2, -0.15) is 22.1 Å². The van der Waals surface area contributed by atoms with Crippen molar-refractivity contribution in [2.75, 3.05) is 39.3 Å². The molecule has 0 atom stereocenters. The number of hydrogen-bond donors (Lipinski definition) is 2. The fourth-order valence-corrected chi connectivity index (χ4v) is 4.98. The molecule has 2 aliphatic heterocycles. The number of H-pyrrole nitrogens is 2. The van der Waals surface area contributed by atoms with Crippen molar-refractivity contribution >= 4 is 16.1 Å². The molecule has 0 saturated carbocycles. The molecule has 11 heteroatoms. The minimum atomic E-state index is -3.41. The van der Waals surface area contributed by atoms with Gasteiger partial charge in [0.25, 0.3) is 10.2 Å². The van der Waals surface area contributed by atoms with Gasteiger partial charge in [-0.25, -0.2) is 9.89 Å². The molecular weight excluding hydrogens is 348 g/mol. The molecule has 0 radical (unpaired) electrons. The van der Waals surface area contributed by atoms with Crippen LogP contribution in [0.5, 0.6) is 0 Å². The summed E-state index contributed by atoms with van der Waals surface area (Å²) >= 11 is 0. The summed E-state index contributed by atoms with van der Waals surface area (Å²) in [6.07, 6.45) is 3.03. The minimum Gasteiger partial charge on any atom is -0.341 e. The van der Waals surface area contributed by atoms with E-state index in [4.69, 9.17) is 0 Å². The lowest BCUT2D eigenvalue weighted by molar-refractivity contribution is -0.131. The van der Waals surface area contributed by atoms with Gasteiger partial charge in [-0.05, 0) is 19.3 Å². The van der Waals surface area contributed by atoms with Gasteiger partial charge in [0.05, 0.1) is 0 Å². The first-order valence-electron chi connectivity index (χ1n) is 8.63. The number of nitrogens with one attached hydrogen (secondary N) is 2. The molecule has 0 aromatic carbocycles. The van der Waals surface area contributed by atoms with E-state index in [0.29, 0.717) is 57.9 Å². The molecule has 2 N–H and O–H groups in total. The Morgan fingerprint density at radius 1 is 1.00 bits per heavy atom. The van der Waals surface area contributed by atoms with Crippen molar-refractivity contribution in [3.05, 3.63) is 16.3 Å². The highest BCUT2D eigenvalue weighted by Gasteiger charge is 2.33. The maximum atomic E-state index is 12.6. The number of hydrogen-bond acceptors (Lipinski definition) is 5. The lowest BCUT2D eigenvalue weighted by Gasteiger charge is -2.26. The van der Waals surface area contributed by atoms with E-state index in [1.807, 2.05) is 0 Å². The van der Waals surface area contributed by atoms with E-state index < -0.39 is 10.2 Å². The number of aromatic nitrogens is 3. The summed E-state index contributed by atoms with van der Waals surface area (Å²) in [5.74, 6) is 0.399. The molecule has 140 valence electrons. The minimum absolute atomic E-state index is 0.0516. The van der Waals surface area contributed by atoms with E-state index >= 15 is 0 Å². The number of aromatic amines is 2. The van der Waals surface area contributed by atoms with Crippen molar-refractivity contribution in [3.8, 4) is 0 Å². The Morgan fingerprint density at radius 3 is 2.36 bits per heavy atom. The van der Waals surface area contributed by atoms with Crippen LogP contribution in [0.2, 0.25) is 0 Å². The smallest absolute Gasteiger partial charge is 0.340 e. The van der Waals surface area contributed by atoms with Crippen molar-refractivity contribution < 1.29 is 13.2 Å². The summed E-state index contributed by atoms with van der Waals surface area (Å²) in [6, 6.07) is 0. The molecule has 1 aromatic rings. The Balaban J connectivity index is 1.53. The third-order valence-electron chi connectivity index (χ3n) is 4.65. The van der Waals surface area contributed by atoms with Crippen molar-refractivity contribution in [1.82, 2.24) is 28.7 Å². The van der Waals surface area contributed by atoms with Crippen LogP contribution < -0.4 is 5.69 Å². The topological polar surface area (TPSA) is 122 Å². The second kappa shape index (κ2) is 7.67. The highest BCUT2D eigenvalue weighted by atomic mass is 32.2. The Kier molecular flexibility index (Phi) is 5.54. The number of nitrogens with zero attached hydrogens (tertiary/aromatic N) is 4. The number of aryl methyl sites for hydroxylation is 1. The van der Waals surface area contributed by atoms with Gasteiger partial charge in [0.15, 0.2) is 0 Å². The lowest BCUT2D eigenvalue weighted by Crippen LogP contribution is -2.44. The molecule has 0 spiro atoms. The van der Waals surface area contributed by atoms with Crippen LogP contribution in [0.4, 0.5) is 0 Å². The SMILES string of the molecule is O=C(CCc1n[nH]c(=O)[nH]1)N1CCCN(S(=O)(=O)N2CCCC2)CC1. The normalized spacial score (nSPS) is 20.7. The second-order valence-electron chi connectivity index (χ2n) is 6.37. The monoisotopic (exact) mass is 372 g/mol. The zero-order valence-electron chi connectivity index (χ0n) is 14.1.